The minimum Gasteiger partial charge on any atom is -0.483 e. The predicted octanol–water partition coefficient (Wildman–Crippen LogP) is 4.04. The van der Waals surface area contributed by atoms with E-state index in [4.69, 9.17) is 4.74 Å². The average Bonchev–Trinajstić information content (AvgIpc) is 2.53. The number of benzene rings is 2. The van der Waals surface area contributed by atoms with Gasteiger partial charge in [0.2, 0.25) is 0 Å². The van der Waals surface area contributed by atoms with E-state index in [1.807, 2.05) is 25.1 Å². The molecule has 0 saturated carbocycles. The number of carbonyl (C=O) groups excluding carboxylic acids is 1. The van der Waals surface area contributed by atoms with Gasteiger partial charge in [-0.05, 0) is 42.2 Å². The van der Waals surface area contributed by atoms with Crippen molar-refractivity contribution in [1.29, 1.82) is 0 Å². The first-order valence-corrected chi connectivity index (χ1v) is 7.64. The summed E-state index contributed by atoms with van der Waals surface area (Å²) in [5.74, 6) is 0.669. The van der Waals surface area contributed by atoms with Gasteiger partial charge in [0.15, 0.2) is 6.61 Å². The van der Waals surface area contributed by atoms with Gasteiger partial charge in [0, 0.05) is 17.8 Å². The number of anilines is 1. The SMILES string of the molecule is Cc1ccc(C(C)C)c(OCC(=O)Nc2ccc([N+](=O)[O-])cc2)c1. The molecule has 0 aliphatic heterocycles. The zero-order valence-corrected chi connectivity index (χ0v) is 13.9. The largest absolute Gasteiger partial charge is 0.483 e. The second-order valence-corrected chi connectivity index (χ2v) is 5.84. The quantitative estimate of drug-likeness (QED) is 0.641. The summed E-state index contributed by atoms with van der Waals surface area (Å²) in [6.45, 7) is 5.97. The molecule has 0 saturated heterocycles. The van der Waals surface area contributed by atoms with Crippen LogP contribution in [0.15, 0.2) is 42.5 Å². The Bertz CT molecular complexity index is 739. The first-order chi connectivity index (χ1) is 11.4. The van der Waals surface area contributed by atoms with E-state index in [0.717, 1.165) is 11.1 Å². The molecule has 1 amide bonds. The van der Waals surface area contributed by atoms with E-state index in [1.54, 1.807) is 0 Å². The van der Waals surface area contributed by atoms with Crippen LogP contribution in [-0.4, -0.2) is 17.4 Å². The van der Waals surface area contributed by atoms with E-state index in [2.05, 4.69) is 19.2 Å². The van der Waals surface area contributed by atoms with Crippen molar-refractivity contribution < 1.29 is 14.5 Å². The van der Waals surface area contributed by atoms with Crippen LogP contribution in [0, 0.1) is 17.0 Å². The number of nitro benzene ring substituents is 1. The van der Waals surface area contributed by atoms with Gasteiger partial charge in [0.1, 0.15) is 5.75 Å². The monoisotopic (exact) mass is 328 g/mol. The first-order valence-electron chi connectivity index (χ1n) is 7.64. The summed E-state index contributed by atoms with van der Waals surface area (Å²) in [5.41, 5.74) is 2.57. The van der Waals surface area contributed by atoms with Crippen LogP contribution in [0.4, 0.5) is 11.4 Å². The molecule has 1 N–H and O–H groups in total. The molecule has 2 rings (SSSR count). The molecule has 24 heavy (non-hydrogen) atoms. The van der Waals surface area contributed by atoms with Gasteiger partial charge in [0.05, 0.1) is 4.92 Å². The third-order valence-electron chi connectivity index (χ3n) is 3.51. The lowest BCUT2D eigenvalue weighted by atomic mass is 10.0. The summed E-state index contributed by atoms with van der Waals surface area (Å²) < 4.78 is 5.65. The van der Waals surface area contributed by atoms with Gasteiger partial charge in [-0.15, -0.1) is 0 Å². The number of amides is 1. The smallest absolute Gasteiger partial charge is 0.269 e. The highest BCUT2D eigenvalue weighted by atomic mass is 16.6. The van der Waals surface area contributed by atoms with Crippen molar-refractivity contribution in [2.75, 3.05) is 11.9 Å². The number of nitro groups is 1. The van der Waals surface area contributed by atoms with Crippen LogP contribution in [0.25, 0.3) is 0 Å². The minimum atomic E-state index is -0.486. The molecule has 0 aliphatic carbocycles. The number of carbonyl (C=O) groups is 1. The van der Waals surface area contributed by atoms with E-state index in [0.29, 0.717) is 17.4 Å². The maximum Gasteiger partial charge on any atom is 0.269 e. The van der Waals surface area contributed by atoms with Gasteiger partial charge in [-0.2, -0.15) is 0 Å². The van der Waals surface area contributed by atoms with E-state index < -0.39 is 4.92 Å². The Kier molecular flexibility index (Phi) is 5.52. The number of rotatable bonds is 6. The third kappa shape index (κ3) is 4.55. The Morgan fingerprint density at radius 3 is 2.46 bits per heavy atom. The number of aryl methyl sites for hydroxylation is 1. The lowest BCUT2D eigenvalue weighted by Crippen LogP contribution is -2.20. The van der Waals surface area contributed by atoms with Gasteiger partial charge in [-0.25, -0.2) is 0 Å². The Morgan fingerprint density at radius 1 is 1.21 bits per heavy atom. The molecule has 0 unspecified atom stereocenters. The molecule has 126 valence electrons. The molecule has 2 aromatic carbocycles. The maximum absolute atomic E-state index is 12.0. The van der Waals surface area contributed by atoms with Crippen molar-refractivity contribution in [3.8, 4) is 5.75 Å². The van der Waals surface area contributed by atoms with E-state index >= 15 is 0 Å². The molecule has 6 heteroatoms. The van der Waals surface area contributed by atoms with Gasteiger partial charge < -0.3 is 10.1 Å². The summed E-state index contributed by atoms with van der Waals surface area (Å²) in [7, 11) is 0. The number of ether oxygens (including phenoxy) is 1. The molecule has 0 fully saturated rings. The standard InChI is InChI=1S/C18H20N2O4/c1-12(2)16-9-4-13(3)10-17(16)24-11-18(21)19-14-5-7-15(8-6-14)20(22)23/h4-10,12H,11H2,1-3H3,(H,19,21). The van der Waals surface area contributed by atoms with Crippen molar-refractivity contribution in [1.82, 2.24) is 0 Å². The average molecular weight is 328 g/mol. The Labute approximate surface area is 140 Å². The molecule has 0 radical (unpaired) electrons. The Hall–Kier alpha value is -2.89. The molecule has 0 bridgehead atoms. The maximum atomic E-state index is 12.0. The lowest BCUT2D eigenvalue weighted by Gasteiger charge is -2.14. The highest BCUT2D eigenvalue weighted by Gasteiger charge is 2.11. The number of nitrogens with zero attached hydrogens (tertiary/aromatic N) is 1. The van der Waals surface area contributed by atoms with E-state index in [9.17, 15) is 14.9 Å². The number of hydrogen-bond acceptors (Lipinski definition) is 4. The molecule has 0 aromatic heterocycles. The van der Waals surface area contributed by atoms with Crippen LogP contribution in [0.2, 0.25) is 0 Å². The molecule has 0 atom stereocenters. The number of non-ortho nitro benzene ring substituents is 1. The first kappa shape index (κ1) is 17.5. The fourth-order valence-corrected chi connectivity index (χ4v) is 2.25. The summed E-state index contributed by atoms with van der Waals surface area (Å²) >= 11 is 0. The summed E-state index contributed by atoms with van der Waals surface area (Å²) in [6.07, 6.45) is 0. The molecule has 0 aliphatic rings. The van der Waals surface area contributed by atoms with Crippen LogP contribution >= 0.6 is 0 Å². The second kappa shape index (κ2) is 7.59. The third-order valence-corrected chi connectivity index (χ3v) is 3.51. The minimum absolute atomic E-state index is 0.0226. The van der Waals surface area contributed by atoms with Crippen LogP contribution in [0.3, 0.4) is 0 Å². The highest BCUT2D eigenvalue weighted by Crippen LogP contribution is 2.27. The molecular formula is C18H20N2O4. The highest BCUT2D eigenvalue weighted by molar-refractivity contribution is 5.92. The molecular weight excluding hydrogens is 308 g/mol. The Balaban J connectivity index is 1.98. The molecule has 6 nitrogen and oxygen atoms in total. The molecule has 0 spiro atoms. The van der Waals surface area contributed by atoms with Gasteiger partial charge in [0.25, 0.3) is 11.6 Å². The van der Waals surface area contributed by atoms with Gasteiger partial charge in [-0.3, -0.25) is 14.9 Å². The topological polar surface area (TPSA) is 81.5 Å². The number of nitrogens with one attached hydrogen (secondary N) is 1. The number of hydrogen-bond donors (Lipinski definition) is 1. The van der Waals surface area contributed by atoms with Gasteiger partial charge >= 0.3 is 0 Å². The van der Waals surface area contributed by atoms with Crippen molar-refractivity contribution >= 4 is 17.3 Å². The van der Waals surface area contributed by atoms with Crippen LogP contribution in [0.5, 0.6) is 5.75 Å². The van der Waals surface area contributed by atoms with E-state index in [1.165, 1.54) is 24.3 Å². The summed E-state index contributed by atoms with van der Waals surface area (Å²) in [4.78, 5) is 22.1. The Morgan fingerprint density at radius 2 is 1.88 bits per heavy atom. The van der Waals surface area contributed by atoms with Crippen molar-refractivity contribution in [3.63, 3.8) is 0 Å². The predicted molar refractivity (Wildman–Crippen MR) is 92.5 cm³/mol. The summed E-state index contributed by atoms with van der Waals surface area (Å²) in [6, 6.07) is 11.6. The zero-order valence-electron chi connectivity index (χ0n) is 13.9. The van der Waals surface area contributed by atoms with Crippen LogP contribution < -0.4 is 10.1 Å². The summed E-state index contributed by atoms with van der Waals surface area (Å²) in [5, 5.41) is 13.3. The van der Waals surface area contributed by atoms with Gasteiger partial charge in [-0.1, -0.05) is 26.0 Å². The fourth-order valence-electron chi connectivity index (χ4n) is 2.25. The molecule has 2 aromatic rings. The molecule has 0 heterocycles. The van der Waals surface area contributed by atoms with Crippen molar-refractivity contribution in [3.05, 3.63) is 63.7 Å². The zero-order chi connectivity index (χ0) is 17.7. The van der Waals surface area contributed by atoms with Crippen LogP contribution in [-0.2, 0) is 4.79 Å². The lowest BCUT2D eigenvalue weighted by molar-refractivity contribution is -0.384. The van der Waals surface area contributed by atoms with Crippen molar-refractivity contribution in [2.24, 2.45) is 0 Å². The second-order valence-electron chi connectivity index (χ2n) is 5.84. The van der Waals surface area contributed by atoms with Crippen LogP contribution in [0.1, 0.15) is 30.9 Å². The normalized spacial score (nSPS) is 10.5. The fraction of sp³-hybridized carbons (Fsp3) is 0.278. The van der Waals surface area contributed by atoms with E-state index in [-0.39, 0.29) is 18.2 Å². The van der Waals surface area contributed by atoms with Crippen molar-refractivity contribution in [2.45, 2.75) is 26.7 Å².